The first-order chi connectivity index (χ1) is 18.0. The molecule has 0 bridgehead atoms. The molecule has 9 heteroatoms. The van der Waals surface area contributed by atoms with E-state index in [9.17, 15) is 14.4 Å². The van der Waals surface area contributed by atoms with Crippen molar-refractivity contribution in [2.24, 2.45) is 0 Å². The zero-order valence-corrected chi connectivity index (χ0v) is 23.3. The third-order valence-electron chi connectivity index (χ3n) is 5.54. The molecule has 1 N–H and O–H groups in total. The number of thiophene rings is 1. The molecule has 4 rings (SSSR count). The summed E-state index contributed by atoms with van der Waals surface area (Å²) in [5, 5.41) is 4.29. The number of hydrogen-bond acceptors (Lipinski definition) is 7. The molecule has 0 radical (unpaired) electrons. The lowest BCUT2D eigenvalue weighted by atomic mass is 10.0. The molecule has 7 nitrogen and oxygen atoms in total. The van der Waals surface area contributed by atoms with Crippen molar-refractivity contribution in [3.05, 3.63) is 81.2 Å². The smallest absolute Gasteiger partial charge is 0.349 e. The van der Waals surface area contributed by atoms with E-state index in [4.69, 9.17) is 26.1 Å². The molecule has 38 heavy (non-hydrogen) atoms. The van der Waals surface area contributed by atoms with E-state index in [1.165, 1.54) is 0 Å². The lowest BCUT2D eigenvalue weighted by molar-refractivity contribution is 0.00744. The highest BCUT2D eigenvalue weighted by molar-refractivity contribution is 7.18. The van der Waals surface area contributed by atoms with Gasteiger partial charge in [0.2, 0.25) is 0 Å². The molecular formula is C29H27ClN2O5S. The van der Waals surface area contributed by atoms with Crippen LogP contribution >= 0.6 is 22.9 Å². The largest absolute Gasteiger partial charge is 0.462 e. The quantitative estimate of drug-likeness (QED) is 0.253. The van der Waals surface area contributed by atoms with Crippen molar-refractivity contribution < 1.29 is 23.9 Å². The summed E-state index contributed by atoms with van der Waals surface area (Å²) in [5.74, 6) is -1.67. The molecule has 2 heterocycles. The second-order valence-electron chi connectivity index (χ2n) is 9.52. The summed E-state index contributed by atoms with van der Waals surface area (Å²) in [4.78, 5) is 44.4. The Kier molecular flexibility index (Phi) is 7.85. The van der Waals surface area contributed by atoms with E-state index in [1.807, 2.05) is 30.3 Å². The number of rotatable bonds is 6. The SMILES string of the molecule is CCOC(=O)c1c(NC(=O)c2cc(-c3ccc(Cl)cc3)nc3ccccc23)sc(C(=O)OC(C)(C)C)c1C. The van der Waals surface area contributed by atoms with Gasteiger partial charge in [0.25, 0.3) is 5.91 Å². The number of carbonyl (C=O) groups is 3. The van der Waals surface area contributed by atoms with Crippen LogP contribution in [0, 0.1) is 6.92 Å². The van der Waals surface area contributed by atoms with Gasteiger partial charge in [-0.05, 0) is 64.4 Å². The molecule has 0 spiro atoms. The Balaban J connectivity index is 1.79. The van der Waals surface area contributed by atoms with E-state index in [0.717, 1.165) is 16.9 Å². The van der Waals surface area contributed by atoms with Crippen molar-refractivity contribution in [2.75, 3.05) is 11.9 Å². The third-order valence-corrected chi connectivity index (χ3v) is 6.98. The van der Waals surface area contributed by atoms with Crippen LogP contribution in [0.5, 0.6) is 0 Å². The number of hydrogen-bond donors (Lipinski definition) is 1. The molecule has 0 saturated heterocycles. The fraction of sp³-hybridized carbons (Fsp3) is 0.241. The van der Waals surface area contributed by atoms with Crippen LogP contribution in [0.15, 0.2) is 54.6 Å². The van der Waals surface area contributed by atoms with E-state index in [1.54, 1.807) is 58.9 Å². The van der Waals surface area contributed by atoms with Gasteiger partial charge in [-0.3, -0.25) is 4.79 Å². The van der Waals surface area contributed by atoms with E-state index < -0.39 is 23.4 Å². The van der Waals surface area contributed by atoms with Crippen molar-refractivity contribution in [1.29, 1.82) is 0 Å². The first kappa shape index (κ1) is 27.3. The van der Waals surface area contributed by atoms with Gasteiger partial charge < -0.3 is 14.8 Å². The van der Waals surface area contributed by atoms with Crippen LogP contribution in [0.3, 0.4) is 0 Å². The molecule has 0 unspecified atom stereocenters. The van der Waals surface area contributed by atoms with E-state index >= 15 is 0 Å². The first-order valence-electron chi connectivity index (χ1n) is 12.0. The minimum Gasteiger partial charge on any atom is -0.462 e. The number of nitrogens with one attached hydrogen (secondary N) is 1. The highest BCUT2D eigenvalue weighted by Gasteiger charge is 2.30. The number of ether oxygens (including phenoxy) is 2. The number of aromatic nitrogens is 1. The lowest BCUT2D eigenvalue weighted by Gasteiger charge is -2.19. The molecule has 0 atom stereocenters. The first-order valence-corrected chi connectivity index (χ1v) is 13.2. The average Bonchev–Trinajstić information content (AvgIpc) is 3.18. The van der Waals surface area contributed by atoms with Crippen molar-refractivity contribution in [2.45, 2.75) is 40.2 Å². The number of halogens is 1. The number of amides is 1. The van der Waals surface area contributed by atoms with Gasteiger partial charge in [-0.1, -0.05) is 41.9 Å². The molecule has 4 aromatic rings. The fourth-order valence-corrected chi connectivity index (χ4v) is 5.06. The monoisotopic (exact) mass is 550 g/mol. The number of benzene rings is 2. The Morgan fingerprint density at radius 1 is 1.03 bits per heavy atom. The number of para-hydroxylation sites is 1. The third kappa shape index (κ3) is 5.87. The Morgan fingerprint density at radius 3 is 2.37 bits per heavy atom. The fourth-order valence-electron chi connectivity index (χ4n) is 3.87. The van der Waals surface area contributed by atoms with E-state index in [-0.39, 0.29) is 22.0 Å². The van der Waals surface area contributed by atoms with Gasteiger partial charge in [-0.25, -0.2) is 14.6 Å². The van der Waals surface area contributed by atoms with Crippen LogP contribution in [-0.4, -0.2) is 35.0 Å². The normalized spacial score (nSPS) is 11.3. The Labute approximate surface area is 229 Å². The van der Waals surface area contributed by atoms with Crippen LogP contribution in [0.4, 0.5) is 5.00 Å². The summed E-state index contributed by atoms with van der Waals surface area (Å²) in [6.45, 7) is 8.75. The molecule has 0 aliphatic heterocycles. The van der Waals surface area contributed by atoms with Gasteiger partial charge in [0.15, 0.2) is 0 Å². The number of nitrogens with zero attached hydrogens (tertiary/aromatic N) is 1. The molecule has 2 aromatic heterocycles. The highest BCUT2D eigenvalue weighted by Crippen LogP contribution is 2.36. The van der Waals surface area contributed by atoms with E-state index in [2.05, 4.69) is 5.32 Å². The molecule has 1 amide bonds. The summed E-state index contributed by atoms with van der Waals surface area (Å²) in [5.41, 5.74) is 2.16. The second-order valence-corrected chi connectivity index (χ2v) is 11.0. The predicted molar refractivity (Wildman–Crippen MR) is 150 cm³/mol. The van der Waals surface area contributed by atoms with Crippen molar-refractivity contribution in [1.82, 2.24) is 4.98 Å². The summed E-state index contributed by atoms with van der Waals surface area (Å²) in [6, 6.07) is 16.2. The Hall–Kier alpha value is -3.75. The molecule has 0 aliphatic carbocycles. The van der Waals surface area contributed by atoms with Crippen molar-refractivity contribution in [3.8, 4) is 11.3 Å². The average molecular weight is 551 g/mol. The Morgan fingerprint density at radius 2 is 1.71 bits per heavy atom. The summed E-state index contributed by atoms with van der Waals surface area (Å²) >= 11 is 7.03. The maximum absolute atomic E-state index is 13.7. The van der Waals surface area contributed by atoms with Crippen LogP contribution in [-0.2, 0) is 9.47 Å². The standard InChI is InChI=1S/C29H27ClN2O5S/c1-6-36-27(34)23-16(2)24(28(35)37-29(3,4)5)38-26(23)32-25(33)20-15-22(17-11-13-18(30)14-12-17)31-21-10-8-7-9-19(20)21/h7-15H,6H2,1-5H3,(H,32,33). The van der Waals surface area contributed by atoms with Crippen LogP contribution in [0.25, 0.3) is 22.2 Å². The summed E-state index contributed by atoms with van der Waals surface area (Å²) in [6.07, 6.45) is 0. The van der Waals surface area contributed by atoms with E-state index in [0.29, 0.717) is 32.7 Å². The molecule has 196 valence electrons. The van der Waals surface area contributed by atoms with Gasteiger partial charge in [0.05, 0.1) is 28.9 Å². The van der Waals surface area contributed by atoms with Crippen LogP contribution in [0.2, 0.25) is 5.02 Å². The maximum atomic E-state index is 13.7. The zero-order valence-electron chi connectivity index (χ0n) is 21.7. The predicted octanol–water partition coefficient (Wildman–Crippen LogP) is 7.31. The van der Waals surface area contributed by atoms with Gasteiger partial charge >= 0.3 is 11.9 Å². The zero-order chi connectivity index (χ0) is 27.6. The topological polar surface area (TPSA) is 94.6 Å². The minimum atomic E-state index is -0.727. The van der Waals surface area contributed by atoms with Crippen molar-refractivity contribution in [3.63, 3.8) is 0 Å². The Bertz CT molecular complexity index is 1540. The van der Waals surface area contributed by atoms with Gasteiger partial charge in [0.1, 0.15) is 15.5 Å². The number of carbonyl (C=O) groups excluding carboxylic acids is 3. The number of esters is 2. The van der Waals surface area contributed by atoms with Crippen LogP contribution < -0.4 is 5.32 Å². The highest BCUT2D eigenvalue weighted by atomic mass is 35.5. The molecular weight excluding hydrogens is 524 g/mol. The minimum absolute atomic E-state index is 0.127. The summed E-state index contributed by atoms with van der Waals surface area (Å²) in [7, 11) is 0. The van der Waals surface area contributed by atoms with Gasteiger partial charge in [-0.15, -0.1) is 11.3 Å². The molecule has 0 aliphatic rings. The number of anilines is 1. The molecule has 2 aromatic carbocycles. The van der Waals surface area contributed by atoms with Crippen molar-refractivity contribution >= 4 is 56.7 Å². The molecule has 0 fully saturated rings. The second kappa shape index (κ2) is 10.9. The summed E-state index contributed by atoms with van der Waals surface area (Å²) < 4.78 is 10.8. The number of fused-ring (bicyclic) bond motifs is 1. The number of pyridine rings is 1. The lowest BCUT2D eigenvalue weighted by Crippen LogP contribution is -2.23. The maximum Gasteiger partial charge on any atom is 0.349 e. The van der Waals surface area contributed by atoms with Crippen LogP contribution in [0.1, 0.15) is 63.6 Å². The van der Waals surface area contributed by atoms with Gasteiger partial charge in [0, 0.05) is 16.0 Å². The molecule has 0 saturated carbocycles. The van der Waals surface area contributed by atoms with Gasteiger partial charge in [-0.2, -0.15) is 0 Å².